The number of benzene rings is 1. The van der Waals surface area contributed by atoms with Gasteiger partial charge in [0.2, 0.25) is 0 Å². The molecule has 6 nitrogen and oxygen atoms in total. The van der Waals surface area contributed by atoms with Crippen LogP contribution in [0, 0.1) is 0 Å². The van der Waals surface area contributed by atoms with Crippen molar-refractivity contribution in [3.05, 3.63) is 34.9 Å². The number of carboxylic acid groups (broad SMARTS) is 1. The summed E-state index contributed by atoms with van der Waals surface area (Å²) in [7, 11) is 2.74. The number of carbonyl (C=O) groups excluding carboxylic acids is 1. The van der Waals surface area contributed by atoms with Crippen LogP contribution in [0.4, 0.5) is 4.79 Å². The molecule has 1 atom stereocenters. The fourth-order valence-corrected chi connectivity index (χ4v) is 1.77. The second-order valence-electron chi connectivity index (χ2n) is 3.85. The molecule has 0 bridgehead atoms. The van der Waals surface area contributed by atoms with Gasteiger partial charge >= 0.3 is 6.09 Å². The molecule has 0 aliphatic rings. The Balaban J connectivity index is 2.85. The summed E-state index contributed by atoms with van der Waals surface area (Å²) >= 11 is 5.85. The van der Waals surface area contributed by atoms with Gasteiger partial charge < -0.3 is 10.4 Å². The van der Waals surface area contributed by atoms with E-state index in [1.54, 1.807) is 24.3 Å². The van der Waals surface area contributed by atoms with E-state index in [2.05, 4.69) is 5.32 Å². The smallest absolute Gasteiger partial charge is 0.405 e. The van der Waals surface area contributed by atoms with Gasteiger partial charge in [0.05, 0.1) is 7.11 Å². The topological polar surface area (TPSA) is 78.9 Å². The molecule has 0 radical (unpaired) electrons. The maximum absolute atomic E-state index is 11.9. The first kappa shape index (κ1) is 15.3. The third kappa shape index (κ3) is 4.76. The van der Waals surface area contributed by atoms with Gasteiger partial charge in [-0.25, -0.2) is 9.86 Å². The summed E-state index contributed by atoms with van der Waals surface area (Å²) < 4.78 is 0. The molecule has 2 N–H and O–H groups in total. The number of amides is 2. The van der Waals surface area contributed by atoms with Crippen molar-refractivity contribution in [1.29, 1.82) is 0 Å². The normalized spacial score (nSPS) is 11.7. The van der Waals surface area contributed by atoms with Crippen molar-refractivity contribution in [2.45, 2.75) is 12.5 Å². The van der Waals surface area contributed by atoms with Gasteiger partial charge in [0, 0.05) is 18.5 Å². The van der Waals surface area contributed by atoms with Gasteiger partial charge in [-0.05, 0) is 17.7 Å². The Kier molecular flexibility index (Phi) is 5.59. The molecule has 19 heavy (non-hydrogen) atoms. The van der Waals surface area contributed by atoms with E-state index in [0.717, 1.165) is 10.6 Å². The monoisotopic (exact) mass is 286 g/mol. The van der Waals surface area contributed by atoms with Crippen LogP contribution in [-0.4, -0.2) is 42.4 Å². The van der Waals surface area contributed by atoms with Crippen LogP contribution in [0.15, 0.2) is 24.3 Å². The van der Waals surface area contributed by atoms with Gasteiger partial charge in [-0.15, -0.1) is 0 Å². The van der Waals surface area contributed by atoms with Crippen LogP contribution >= 0.6 is 11.6 Å². The highest BCUT2D eigenvalue weighted by molar-refractivity contribution is 6.30. The molecule has 0 saturated carbocycles. The fourth-order valence-electron chi connectivity index (χ4n) is 1.56. The largest absolute Gasteiger partial charge is 0.465 e. The molecule has 0 aliphatic carbocycles. The van der Waals surface area contributed by atoms with Crippen molar-refractivity contribution in [1.82, 2.24) is 10.4 Å². The first-order valence-corrected chi connectivity index (χ1v) is 5.87. The number of nitrogens with zero attached hydrogens (tertiary/aromatic N) is 1. The highest BCUT2D eigenvalue weighted by atomic mass is 35.5. The molecule has 2 amide bonds. The van der Waals surface area contributed by atoms with Gasteiger partial charge in [-0.2, -0.15) is 0 Å². The lowest BCUT2D eigenvalue weighted by Gasteiger charge is -2.21. The van der Waals surface area contributed by atoms with Crippen molar-refractivity contribution in [2.24, 2.45) is 0 Å². The Hall–Kier alpha value is -1.79. The van der Waals surface area contributed by atoms with E-state index in [1.807, 2.05) is 0 Å². The summed E-state index contributed by atoms with van der Waals surface area (Å²) in [5.41, 5.74) is 0.754. The molecule has 0 saturated heterocycles. The van der Waals surface area contributed by atoms with Gasteiger partial charge in [0.15, 0.2) is 0 Å². The van der Waals surface area contributed by atoms with E-state index in [-0.39, 0.29) is 6.42 Å². The van der Waals surface area contributed by atoms with Crippen LogP contribution in [0.1, 0.15) is 5.56 Å². The molecule has 0 spiro atoms. The lowest BCUT2D eigenvalue weighted by atomic mass is 10.1. The van der Waals surface area contributed by atoms with E-state index in [4.69, 9.17) is 21.5 Å². The Morgan fingerprint density at radius 2 is 2.21 bits per heavy atom. The lowest BCUT2D eigenvalue weighted by Crippen LogP contribution is -2.47. The van der Waals surface area contributed by atoms with Crippen LogP contribution in [-0.2, 0) is 16.1 Å². The number of hydrogen-bond donors (Lipinski definition) is 2. The molecule has 7 heteroatoms. The Bertz CT molecular complexity index is 467. The summed E-state index contributed by atoms with van der Waals surface area (Å²) in [6, 6.07) is 5.95. The molecular formula is C12H15ClN2O4. The third-order valence-electron chi connectivity index (χ3n) is 2.51. The number of hydrogen-bond acceptors (Lipinski definition) is 3. The molecule has 0 fully saturated rings. The highest BCUT2D eigenvalue weighted by Gasteiger charge is 2.24. The summed E-state index contributed by atoms with van der Waals surface area (Å²) in [6.45, 7) is 0. The average Bonchev–Trinajstić information content (AvgIpc) is 2.35. The zero-order valence-corrected chi connectivity index (χ0v) is 11.3. The van der Waals surface area contributed by atoms with Crippen molar-refractivity contribution in [2.75, 3.05) is 14.2 Å². The van der Waals surface area contributed by atoms with Crippen LogP contribution in [0.25, 0.3) is 0 Å². The SMILES string of the molecule is CON(C)C(=O)[C@H](Cc1cccc(Cl)c1)NC(=O)O. The Morgan fingerprint density at radius 1 is 1.53 bits per heavy atom. The first-order valence-electron chi connectivity index (χ1n) is 5.49. The van der Waals surface area contributed by atoms with Crippen molar-refractivity contribution in [3.8, 4) is 0 Å². The molecule has 0 unspecified atom stereocenters. The van der Waals surface area contributed by atoms with Crippen molar-refractivity contribution < 1.29 is 19.5 Å². The minimum atomic E-state index is -1.27. The number of hydroxylamine groups is 2. The lowest BCUT2D eigenvalue weighted by molar-refractivity contribution is -0.170. The standard InChI is InChI=1S/C12H15ClN2O4/c1-15(19-2)11(16)10(14-12(17)18)7-8-4-3-5-9(13)6-8/h3-6,10,14H,7H2,1-2H3,(H,17,18)/t10-/m0/s1. The molecule has 0 heterocycles. The van der Waals surface area contributed by atoms with Gasteiger partial charge in [0.1, 0.15) is 6.04 Å². The predicted molar refractivity (Wildman–Crippen MR) is 69.9 cm³/mol. The van der Waals surface area contributed by atoms with E-state index in [9.17, 15) is 9.59 Å². The van der Waals surface area contributed by atoms with Crippen LogP contribution in [0.2, 0.25) is 5.02 Å². The van der Waals surface area contributed by atoms with Crippen LogP contribution in [0.5, 0.6) is 0 Å². The summed E-state index contributed by atoms with van der Waals surface area (Å²) in [5, 5.41) is 12.4. The highest BCUT2D eigenvalue weighted by Crippen LogP contribution is 2.13. The quantitative estimate of drug-likeness (QED) is 0.805. The minimum absolute atomic E-state index is 0.194. The molecule has 104 valence electrons. The zero-order chi connectivity index (χ0) is 14.4. The van der Waals surface area contributed by atoms with Crippen molar-refractivity contribution >= 4 is 23.6 Å². The molecule has 1 rings (SSSR count). The number of nitrogens with one attached hydrogen (secondary N) is 1. The molecule has 1 aromatic carbocycles. The Morgan fingerprint density at radius 3 is 2.74 bits per heavy atom. The maximum atomic E-state index is 11.9. The maximum Gasteiger partial charge on any atom is 0.405 e. The predicted octanol–water partition coefficient (Wildman–Crippen LogP) is 1.54. The fraction of sp³-hybridized carbons (Fsp3) is 0.333. The average molecular weight is 287 g/mol. The van der Waals surface area contributed by atoms with E-state index in [1.165, 1.54) is 14.2 Å². The van der Waals surface area contributed by atoms with E-state index < -0.39 is 18.0 Å². The van der Waals surface area contributed by atoms with Gasteiger partial charge in [0.25, 0.3) is 5.91 Å². The van der Waals surface area contributed by atoms with E-state index >= 15 is 0 Å². The second-order valence-corrected chi connectivity index (χ2v) is 4.29. The zero-order valence-electron chi connectivity index (χ0n) is 10.6. The molecule has 0 aromatic heterocycles. The van der Waals surface area contributed by atoms with Crippen LogP contribution < -0.4 is 5.32 Å². The van der Waals surface area contributed by atoms with Gasteiger partial charge in [-0.1, -0.05) is 23.7 Å². The Labute approximate surface area is 115 Å². The summed E-state index contributed by atoms with van der Waals surface area (Å²) in [5.74, 6) is -0.482. The van der Waals surface area contributed by atoms with Crippen LogP contribution in [0.3, 0.4) is 0 Å². The third-order valence-corrected chi connectivity index (χ3v) is 2.74. The first-order chi connectivity index (χ1) is 8.93. The molecular weight excluding hydrogens is 272 g/mol. The number of halogens is 1. The number of likely N-dealkylation sites (N-methyl/N-ethyl adjacent to an activating group) is 1. The minimum Gasteiger partial charge on any atom is -0.465 e. The molecule has 0 aliphatic heterocycles. The van der Waals surface area contributed by atoms with E-state index in [0.29, 0.717) is 5.02 Å². The van der Waals surface area contributed by atoms with Gasteiger partial charge in [-0.3, -0.25) is 9.63 Å². The number of carbonyl (C=O) groups is 2. The summed E-state index contributed by atoms with van der Waals surface area (Å²) in [6.07, 6.45) is -1.08. The number of rotatable bonds is 5. The summed E-state index contributed by atoms with van der Waals surface area (Å²) in [4.78, 5) is 27.4. The van der Waals surface area contributed by atoms with Crippen molar-refractivity contribution in [3.63, 3.8) is 0 Å². The molecule has 1 aromatic rings. The second kappa shape index (κ2) is 6.96.